The quantitative estimate of drug-likeness (QED) is 0.678. The van der Waals surface area contributed by atoms with E-state index in [9.17, 15) is 9.59 Å². The molecule has 136 valence electrons. The maximum absolute atomic E-state index is 12.6. The van der Waals surface area contributed by atoms with Gasteiger partial charge in [-0.15, -0.1) is 0 Å². The summed E-state index contributed by atoms with van der Waals surface area (Å²) in [6, 6.07) is 9.55. The van der Waals surface area contributed by atoms with Crippen molar-refractivity contribution in [3.63, 3.8) is 0 Å². The lowest BCUT2D eigenvalue weighted by Crippen LogP contribution is -2.50. The van der Waals surface area contributed by atoms with Crippen LogP contribution in [0.1, 0.15) is 20.7 Å². The zero-order chi connectivity index (χ0) is 18.8. The fourth-order valence-corrected chi connectivity index (χ4v) is 3.76. The van der Waals surface area contributed by atoms with Gasteiger partial charge in [-0.1, -0.05) is 46.4 Å². The Hall–Kier alpha value is -1.46. The first-order valence-corrected chi connectivity index (χ1v) is 9.36. The van der Waals surface area contributed by atoms with Crippen LogP contribution >= 0.6 is 46.4 Å². The van der Waals surface area contributed by atoms with Gasteiger partial charge in [0.25, 0.3) is 11.8 Å². The van der Waals surface area contributed by atoms with Crippen LogP contribution in [0, 0.1) is 0 Å². The topological polar surface area (TPSA) is 40.6 Å². The van der Waals surface area contributed by atoms with E-state index in [1.54, 1.807) is 46.2 Å². The minimum atomic E-state index is -0.178. The first kappa shape index (κ1) is 19.3. The first-order chi connectivity index (χ1) is 12.4. The molecule has 0 aliphatic carbocycles. The van der Waals surface area contributed by atoms with Gasteiger partial charge < -0.3 is 9.80 Å². The Kier molecular flexibility index (Phi) is 5.98. The van der Waals surface area contributed by atoms with Crippen molar-refractivity contribution < 1.29 is 9.59 Å². The number of hydrogen-bond donors (Lipinski definition) is 0. The highest BCUT2D eigenvalue weighted by molar-refractivity contribution is 6.37. The molecule has 0 bridgehead atoms. The Morgan fingerprint density at radius 3 is 1.31 bits per heavy atom. The Bertz CT molecular complexity index is 793. The van der Waals surface area contributed by atoms with E-state index in [4.69, 9.17) is 46.4 Å². The summed E-state index contributed by atoms with van der Waals surface area (Å²) in [6.45, 7) is 1.65. The highest BCUT2D eigenvalue weighted by atomic mass is 35.5. The fourth-order valence-electron chi connectivity index (χ4n) is 2.78. The molecule has 0 atom stereocenters. The molecule has 3 rings (SSSR count). The predicted molar refractivity (Wildman–Crippen MR) is 105 cm³/mol. The smallest absolute Gasteiger partial charge is 0.255 e. The van der Waals surface area contributed by atoms with Crippen LogP contribution in [-0.4, -0.2) is 47.8 Å². The standard InChI is InChI=1S/C18H14Cl4N2O2/c19-11-1-3-13(15(21)9-11)17(25)23-5-7-24(8-6-23)18(26)14-4-2-12(20)10-16(14)22/h1-4,9-10H,5-8H2. The van der Waals surface area contributed by atoms with E-state index in [1.165, 1.54) is 0 Å². The molecule has 0 N–H and O–H groups in total. The molecule has 4 nitrogen and oxygen atoms in total. The van der Waals surface area contributed by atoms with Crippen LogP contribution in [0.25, 0.3) is 0 Å². The number of carbonyl (C=O) groups is 2. The zero-order valence-electron chi connectivity index (χ0n) is 13.5. The zero-order valence-corrected chi connectivity index (χ0v) is 16.5. The molecule has 0 aromatic heterocycles. The van der Waals surface area contributed by atoms with E-state index in [-0.39, 0.29) is 11.8 Å². The van der Waals surface area contributed by atoms with E-state index < -0.39 is 0 Å². The largest absolute Gasteiger partial charge is 0.335 e. The Morgan fingerprint density at radius 2 is 1.00 bits per heavy atom. The number of halogens is 4. The first-order valence-electron chi connectivity index (χ1n) is 7.85. The van der Waals surface area contributed by atoms with Crippen molar-refractivity contribution in [1.82, 2.24) is 9.80 Å². The highest BCUT2D eigenvalue weighted by Crippen LogP contribution is 2.25. The number of benzene rings is 2. The monoisotopic (exact) mass is 430 g/mol. The minimum absolute atomic E-state index is 0.178. The Balaban J connectivity index is 1.67. The van der Waals surface area contributed by atoms with Gasteiger partial charge in [0.2, 0.25) is 0 Å². The van der Waals surface area contributed by atoms with Gasteiger partial charge in [-0.2, -0.15) is 0 Å². The predicted octanol–water partition coefficient (Wildman–Crippen LogP) is 4.90. The summed E-state index contributed by atoms with van der Waals surface area (Å²) in [7, 11) is 0. The fraction of sp³-hybridized carbons (Fsp3) is 0.222. The highest BCUT2D eigenvalue weighted by Gasteiger charge is 2.27. The summed E-state index contributed by atoms with van der Waals surface area (Å²) in [5.41, 5.74) is 0.799. The third kappa shape index (κ3) is 4.09. The van der Waals surface area contributed by atoms with Crippen LogP contribution < -0.4 is 0 Å². The van der Waals surface area contributed by atoms with Crippen molar-refractivity contribution in [2.24, 2.45) is 0 Å². The molecule has 1 heterocycles. The van der Waals surface area contributed by atoms with Gasteiger partial charge in [-0.3, -0.25) is 9.59 Å². The molecule has 1 aliphatic rings. The van der Waals surface area contributed by atoms with Crippen molar-refractivity contribution in [1.29, 1.82) is 0 Å². The second-order valence-electron chi connectivity index (χ2n) is 5.83. The lowest BCUT2D eigenvalue weighted by Gasteiger charge is -2.35. The van der Waals surface area contributed by atoms with Crippen molar-refractivity contribution in [2.45, 2.75) is 0 Å². The molecule has 2 amide bonds. The van der Waals surface area contributed by atoms with Gasteiger partial charge in [-0.25, -0.2) is 0 Å². The molecule has 0 spiro atoms. The lowest BCUT2D eigenvalue weighted by atomic mass is 10.1. The Morgan fingerprint density at radius 1 is 0.654 bits per heavy atom. The SMILES string of the molecule is O=C(c1ccc(Cl)cc1Cl)N1CCN(C(=O)c2ccc(Cl)cc2Cl)CC1. The molecule has 1 aliphatic heterocycles. The van der Waals surface area contributed by atoms with Gasteiger partial charge in [0, 0.05) is 36.2 Å². The van der Waals surface area contributed by atoms with Crippen molar-refractivity contribution in [3.05, 3.63) is 67.6 Å². The van der Waals surface area contributed by atoms with E-state index in [2.05, 4.69) is 0 Å². The molecule has 8 heteroatoms. The van der Waals surface area contributed by atoms with Crippen LogP contribution in [0.4, 0.5) is 0 Å². The maximum Gasteiger partial charge on any atom is 0.255 e. The maximum atomic E-state index is 12.6. The molecule has 0 saturated carbocycles. The van der Waals surface area contributed by atoms with Crippen molar-refractivity contribution in [3.8, 4) is 0 Å². The van der Waals surface area contributed by atoms with Gasteiger partial charge in [0.1, 0.15) is 0 Å². The third-order valence-corrected chi connectivity index (χ3v) is 5.27. The molecule has 0 radical (unpaired) electrons. The molecule has 1 saturated heterocycles. The van der Waals surface area contributed by atoms with E-state index >= 15 is 0 Å². The van der Waals surface area contributed by atoms with Crippen molar-refractivity contribution >= 4 is 58.2 Å². The molecular weight excluding hydrogens is 418 g/mol. The number of amides is 2. The number of carbonyl (C=O) groups excluding carboxylic acids is 2. The lowest BCUT2D eigenvalue weighted by molar-refractivity contribution is 0.0535. The van der Waals surface area contributed by atoms with Gasteiger partial charge in [0.15, 0.2) is 0 Å². The van der Waals surface area contributed by atoms with E-state index in [0.717, 1.165) is 0 Å². The van der Waals surface area contributed by atoms with Crippen LogP contribution in [0.15, 0.2) is 36.4 Å². The molecule has 0 unspecified atom stereocenters. The minimum Gasteiger partial charge on any atom is -0.335 e. The second kappa shape index (κ2) is 8.05. The average molecular weight is 432 g/mol. The third-order valence-electron chi connectivity index (χ3n) is 4.18. The molecular formula is C18H14Cl4N2O2. The molecule has 26 heavy (non-hydrogen) atoms. The summed E-state index contributed by atoms with van der Waals surface area (Å²) in [6.07, 6.45) is 0. The van der Waals surface area contributed by atoms with E-state index in [1.807, 2.05) is 0 Å². The molecule has 1 fully saturated rings. The summed E-state index contributed by atoms with van der Waals surface area (Å²) in [4.78, 5) is 28.6. The van der Waals surface area contributed by atoms with Crippen LogP contribution in [0.3, 0.4) is 0 Å². The second-order valence-corrected chi connectivity index (χ2v) is 7.52. The average Bonchev–Trinajstić information content (AvgIpc) is 2.61. The summed E-state index contributed by atoms with van der Waals surface area (Å²) in [5, 5.41) is 1.58. The Labute approximate surface area is 171 Å². The molecule has 2 aromatic rings. The number of piperazine rings is 1. The number of hydrogen-bond acceptors (Lipinski definition) is 2. The van der Waals surface area contributed by atoms with Gasteiger partial charge >= 0.3 is 0 Å². The summed E-state index contributed by atoms with van der Waals surface area (Å²) in [5.74, 6) is -0.355. The number of rotatable bonds is 2. The van der Waals surface area contributed by atoms with E-state index in [0.29, 0.717) is 57.4 Å². The number of nitrogens with zero attached hydrogens (tertiary/aromatic N) is 2. The van der Waals surface area contributed by atoms with Crippen LogP contribution in [-0.2, 0) is 0 Å². The van der Waals surface area contributed by atoms with Crippen molar-refractivity contribution in [2.75, 3.05) is 26.2 Å². The summed E-state index contributed by atoms with van der Waals surface area (Å²) >= 11 is 24.0. The van der Waals surface area contributed by atoms with Gasteiger partial charge in [-0.05, 0) is 36.4 Å². The summed E-state index contributed by atoms with van der Waals surface area (Å²) < 4.78 is 0. The van der Waals surface area contributed by atoms with Crippen LogP contribution in [0.5, 0.6) is 0 Å². The van der Waals surface area contributed by atoms with Crippen LogP contribution in [0.2, 0.25) is 20.1 Å². The van der Waals surface area contributed by atoms with Gasteiger partial charge in [0.05, 0.1) is 21.2 Å². The normalized spacial score (nSPS) is 14.5. The molecule has 2 aromatic carbocycles.